The zero-order valence-corrected chi connectivity index (χ0v) is 20.5. The van der Waals surface area contributed by atoms with Gasteiger partial charge in [0.05, 0.1) is 13.1 Å². The maximum Gasteiger partial charge on any atom is 0.254 e. The number of amides is 1. The number of rotatable bonds is 9. The molecule has 0 radical (unpaired) electrons. The lowest BCUT2D eigenvalue weighted by Crippen LogP contribution is -2.44. The minimum absolute atomic E-state index is 0.0339. The van der Waals surface area contributed by atoms with Crippen LogP contribution in [0.15, 0.2) is 49.1 Å². The molecular weight excluding hydrogens is 438 g/mol. The number of hydrogen-bond donors (Lipinski definition) is 3. The highest BCUT2D eigenvalue weighted by atomic mass is 16.2. The molecule has 3 aromatic rings. The van der Waals surface area contributed by atoms with Crippen LogP contribution in [0.1, 0.15) is 72.5 Å². The molecule has 35 heavy (non-hydrogen) atoms. The number of imidazole rings is 2. The fourth-order valence-electron chi connectivity index (χ4n) is 5.47. The number of likely N-dealkylation sites (tertiary alicyclic amines) is 1. The first-order valence-corrected chi connectivity index (χ1v) is 13.1. The van der Waals surface area contributed by atoms with Crippen LogP contribution in [0.3, 0.4) is 0 Å². The molecule has 1 aliphatic heterocycles. The zero-order chi connectivity index (χ0) is 23.9. The Morgan fingerprint density at radius 2 is 1.54 bits per heavy atom. The van der Waals surface area contributed by atoms with Crippen molar-refractivity contribution in [2.45, 2.75) is 76.7 Å². The molecule has 0 spiro atoms. The van der Waals surface area contributed by atoms with Gasteiger partial charge in [-0.3, -0.25) is 4.79 Å². The van der Waals surface area contributed by atoms with Crippen molar-refractivity contribution in [1.29, 1.82) is 0 Å². The number of carbonyl (C=O) groups is 1. The second-order valence-electron chi connectivity index (χ2n) is 9.91. The Morgan fingerprint density at radius 1 is 0.914 bits per heavy atom. The SMILES string of the molecule is O=C(c1ccc(CN[C@H]2CC[C@H](N3CCCCC3)CC2)cc1)N(Cc1ncc[nH]1)Cc1ncc[nH]1. The zero-order valence-electron chi connectivity index (χ0n) is 20.5. The van der Waals surface area contributed by atoms with Gasteiger partial charge >= 0.3 is 0 Å². The van der Waals surface area contributed by atoms with Crippen molar-refractivity contribution in [2.24, 2.45) is 0 Å². The van der Waals surface area contributed by atoms with Crippen LogP contribution in [0.25, 0.3) is 0 Å². The third kappa shape index (κ3) is 6.38. The van der Waals surface area contributed by atoms with Crippen molar-refractivity contribution in [3.8, 4) is 0 Å². The standard InChI is InChI=1S/C27H37N7O/c35-27(34(19-25-28-12-13-29-25)20-26-30-14-15-31-26)22-6-4-21(5-7-22)18-32-23-8-10-24(11-9-23)33-16-2-1-3-17-33/h4-7,12-15,23-24,32H,1-3,8-11,16-20H2,(H,28,29)(H,30,31)/t23-,24-. The molecule has 3 heterocycles. The minimum atomic E-state index is -0.0339. The summed E-state index contributed by atoms with van der Waals surface area (Å²) in [4.78, 5) is 32.5. The monoisotopic (exact) mass is 475 g/mol. The molecule has 1 saturated carbocycles. The quantitative estimate of drug-likeness (QED) is 0.437. The summed E-state index contributed by atoms with van der Waals surface area (Å²) in [6.45, 7) is 4.24. The number of H-pyrrole nitrogens is 2. The molecule has 3 N–H and O–H groups in total. The van der Waals surface area contributed by atoms with E-state index in [2.05, 4.69) is 42.3 Å². The first kappa shape index (κ1) is 23.8. The van der Waals surface area contributed by atoms with E-state index in [4.69, 9.17) is 0 Å². The average molecular weight is 476 g/mol. The lowest BCUT2D eigenvalue weighted by molar-refractivity contribution is 0.0721. The number of hydrogen-bond acceptors (Lipinski definition) is 5. The fraction of sp³-hybridized carbons (Fsp3) is 0.519. The van der Waals surface area contributed by atoms with Crippen LogP contribution >= 0.6 is 0 Å². The van der Waals surface area contributed by atoms with Crippen LogP contribution in [0.4, 0.5) is 0 Å². The van der Waals surface area contributed by atoms with E-state index in [-0.39, 0.29) is 5.91 Å². The number of carbonyl (C=O) groups excluding carboxylic acids is 1. The molecule has 1 aliphatic carbocycles. The summed E-state index contributed by atoms with van der Waals surface area (Å²) in [5, 5.41) is 3.75. The van der Waals surface area contributed by atoms with E-state index in [1.807, 2.05) is 12.1 Å². The van der Waals surface area contributed by atoms with Crippen LogP contribution in [-0.4, -0.2) is 60.8 Å². The Kier molecular flexibility index (Phi) is 7.90. The largest absolute Gasteiger partial charge is 0.347 e. The molecule has 2 fully saturated rings. The number of benzene rings is 1. The summed E-state index contributed by atoms with van der Waals surface area (Å²) in [6.07, 6.45) is 16.2. The normalized spacial score (nSPS) is 21.1. The smallest absolute Gasteiger partial charge is 0.254 e. The van der Waals surface area contributed by atoms with Gasteiger partial charge in [0.2, 0.25) is 0 Å². The topological polar surface area (TPSA) is 92.9 Å². The van der Waals surface area contributed by atoms with Crippen LogP contribution in [-0.2, 0) is 19.6 Å². The minimum Gasteiger partial charge on any atom is -0.347 e. The van der Waals surface area contributed by atoms with Crippen LogP contribution < -0.4 is 5.32 Å². The van der Waals surface area contributed by atoms with E-state index in [9.17, 15) is 4.79 Å². The molecule has 186 valence electrons. The van der Waals surface area contributed by atoms with Crippen LogP contribution in [0, 0.1) is 0 Å². The molecule has 1 saturated heterocycles. The Labute approximate surface area is 207 Å². The summed E-state index contributed by atoms with van der Waals surface area (Å²) < 4.78 is 0. The fourth-order valence-corrected chi connectivity index (χ4v) is 5.47. The molecule has 2 aromatic heterocycles. The van der Waals surface area contributed by atoms with Gasteiger partial charge in [-0.2, -0.15) is 0 Å². The summed E-state index contributed by atoms with van der Waals surface area (Å²) in [5.74, 6) is 1.47. The second kappa shape index (κ2) is 11.6. The van der Waals surface area contributed by atoms with Crippen molar-refractivity contribution in [1.82, 2.24) is 35.1 Å². The molecular formula is C27H37N7O. The van der Waals surface area contributed by atoms with E-state index < -0.39 is 0 Å². The summed E-state index contributed by atoms with van der Waals surface area (Å²) in [6, 6.07) is 9.39. The summed E-state index contributed by atoms with van der Waals surface area (Å²) >= 11 is 0. The first-order chi connectivity index (χ1) is 17.2. The van der Waals surface area contributed by atoms with Crippen molar-refractivity contribution >= 4 is 5.91 Å². The number of piperidine rings is 1. The van der Waals surface area contributed by atoms with Crippen molar-refractivity contribution in [3.05, 3.63) is 71.8 Å². The van der Waals surface area contributed by atoms with Gasteiger partial charge in [-0.25, -0.2) is 9.97 Å². The number of aromatic nitrogens is 4. The maximum absolute atomic E-state index is 13.3. The molecule has 2 aliphatic rings. The van der Waals surface area contributed by atoms with Gasteiger partial charge in [0.1, 0.15) is 11.6 Å². The second-order valence-corrected chi connectivity index (χ2v) is 9.91. The first-order valence-electron chi connectivity index (χ1n) is 13.1. The highest BCUT2D eigenvalue weighted by Gasteiger charge is 2.26. The molecule has 5 rings (SSSR count). The Morgan fingerprint density at radius 3 is 2.11 bits per heavy atom. The van der Waals surface area contributed by atoms with Gasteiger partial charge in [0.15, 0.2) is 0 Å². The molecule has 8 nitrogen and oxygen atoms in total. The number of aromatic amines is 2. The average Bonchev–Trinajstić information content (AvgIpc) is 3.63. The Balaban J connectivity index is 1.13. The highest BCUT2D eigenvalue weighted by molar-refractivity contribution is 5.94. The Bertz CT molecular complexity index is 982. The van der Waals surface area contributed by atoms with Gasteiger partial charge in [-0.05, 0) is 69.3 Å². The third-order valence-electron chi connectivity index (χ3n) is 7.48. The molecule has 8 heteroatoms. The van der Waals surface area contributed by atoms with Crippen molar-refractivity contribution < 1.29 is 4.79 Å². The number of nitrogens with zero attached hydrogens (tertiary/aromatic N) is 4. The molecule has 1 aromatic carbocycles. The predicted molar refractivity (Wildman–Crippen MR) is 136 cm³/mol. The molecule has 0 bridgehead atoms. The van der Waals surface area contributed by atoms with E-state index in [0.29, 0.717) is 24.7 Å². The van der Waals surface area contributed by atoms with E-state index in [1.54, 1.807) is 29.7 Å². The van der Waals surface area contributed by atoms with E-state index in [1.165, 1.54) is 63.6 Å². The molecule has 1 amide bonds. The third-order valence-corrected chi connectivity index (χ3v) is 7.48. The van der Waals surface area contributed by atoms with Crippen molar-refractivity contribution in [3.63, 3.8) is 0 Å². The van der Waals surface area contributed by atoms with Gasteiger partial charge in [0, 0.05) is 49.0 Å². The number of nitrogens with one attached hydrogen (secondary N) is 3. The molecule has 0 unspecified atom stereocenters. The highest BCUT2D eigenvalue weighted by Crippen LogP contribution is 2.26. The molecule has 0 atom stereocenters. The lowest BCUT2D eigenvalue weighted by Gasteiger charge is -2.39. The van der Waals surface area contributed by atoms with Crippen LogP contribution in [0.5, 0.6) is 0 Å². The lowest BCUT2D eigenvalue weighted by atomic mass is 9.89. The predicted octanol–water partition coefficient (Wildman–Crippen LogP) is 3.86. The maximum atomic E-state index is 13.3. The van der Waals surface area contributed by atoms with Crippen molar-refractivity contribution in [2.75, 3.05) is 13.1 Å². The van der Waals surface area contributed by atoms with Gasteiger partial charge < -0.3 is 25.1 Å². The Hall–Kier alpha value is -2.97. The summed E-state index contributed by atoms with van der Waals surface area (Å²) in [5.41, 5.74) is 1.89. The van der Waals surface area contributed by atoms with Gasteiger partial charge in [-0.1, -0.05) is 18.6 Å². The van der Waals surface area contributed by atoms with Gasteiger partial charge in [-0.15, -0.1) is 0 Å². The van der Waals surface area contributed by atoms with E-state index in [0.717, 1.165) is 24.2 Å². The van der Waals surface area contributed by atoms with E-state index >= 15 is 0 Å². The van der Waals surface area contributed by atoms with Gasteiger partial charge in [0.25, 0.3) is 5.91 Å². The van der Waals surface area contributed by atoms with Crippen LogP contribution in [0.2, 0.25) is 0 Å². The summed E-state index contributed by atoms with van der Waals surface area (Å²) in [7, 11) is 0.